The fourth-order valence-electron chi connectivity index (χ4n) is 1.46. The Morgan fingerprint density at radius 3 is 2.18 bits per heavy atom. The third-order valence-corrected chi connectivity index (χ3v) is 2.26. The number of ketones is 1. The summed E-state index contributed by atoms with van der Waals surface area (Å²) in [6.07, 6.45) is 0. The summed E-state index contributed by atoms with van der Waals surface area (Å²) in [5.74, 6) is -0.547. The maximum absolute atomic E-state index is 11.9. The molecule has 0 spiro atoms. The van der Waals surface area contributed by atoms with Crippen molar-refractivity contribution in [3.8, 4) is 11.5 Å². The van der Waals surface area contributed by atoms with Gasteiger partial charge in [0.2, 0.25) is 0 Å². The van der Waals surface area contributed by atoms with Crippen LogP contribution < -0.4 is 0 Å². The number of carbonyl (C=O) groups is 1. The molecule has 0 atom stereocenters. The molecule has 4 heteroatoms. The summed E-state index contributed by atoms with van der Waals surface area (Å²) in [5.41, 5.74) is 0.687. The van der Waals surface area contributed by atoms with Crippen LogP contribution in [0.1, 0.15) is 15.9 Å². The van der Waals surface area contributed by atoms with E-state index in [1.54, 1.807) is 24.3 Å². The molecule has 0 saturated carbocycles. The molecule has 2 N–H and O–H groups in total. The van der Waals surface area contributed by atoms with Crippen LogP contribution in [-0.2, 0) is 0 Å². The van der Waals surface area contributed by atoms with Gasteiger partial charge in [-0.05, 0) is 12.1 Å². The van der Waals surface area contributed by atoms with Crippen LogP contribution in [0.3, 0.4) is 0 Å². The summed E-state index contributed by atoms with van der Waals surface area (Å²) in [6.45, 7) is 0. The Balaban J connectivity index is 0.00000144. The number of hydrogen-bond donors (Lipinski definition) is 2. The van der Waals surface area contributed by atoms with E-state index in [2.05, 4.69) is 0 Å². The van der Waals surface area contributed by atoms with Crippen molar-refractivity contribution in [3.63, 3.8) is 0 Å². The summed E-state index contributed by atoms with van der Waals surface area (Å²) in [7, 11) is 0. The first kappa shape index (κ1) is 13.7. The molecule has 0 saturated heterocycles. The van der Waals surface area contributed by atoms with Crippen LogP contribution in [0.25, 0.3) is 0 Å². The molecular formula is C13H10O3Pb. The second-order valence-corrected chi connectivity index (χ2v) is 3.40. The molecule has 0 aliphatic heterocycles. The molecule has 2 aromatic carbocycles. The third kappa shape index (κ3) is 3.06. The Bertz CT molecular complexity index is 523. The van der Waals surface area contributed by atoms with Crippen molar-refractivity contribution in [2.45, 2.75) is 0 Å². The molecule has 0 unspecified atom stereocenters. The first-order chi connectivity index (χ1) is 7.68. The number of rotatable bonds is 2. The summed E-state index contributed by atoms with van der Waals surface area (Å²) in [5, 5.41) is 18.7. The van der Waals surface area contributed by atoms with E-state index in [4.69, 9.17) is 5.11 Å². The van der Waals surface area contributed by atoms with E-state index in [0.29, 0.717) is 5.56 Å². The van der Waals surface area contributed by atoms with Gasteiger partial charge in [-0.15, -0.1) is 0 Å². The minimum Gasteiger partial charge on any atom is -0.508 e. The van der Waals surface area contributed by atoms with Gasteiger partial charge in [0.1, 0.15) is 11.5 Å². The monoisotopic (exact) mass is 422 g/mol. The summed E-state index contributed by atoms with van der Waals surface area (Å²) >= 11 is 0. The average molecular weight is 421 g/mol. The van der Waals surface area contributed by atoms with Gasteiger partial charge in [-0.2, -0.15) is 0 Å². The summed E-state index contributed by atoms with van der Waals surface area (Å²) in [4.78, 5) is 11.9. The molecule has 0 fully saturated rings. The maximum Gasteiger partial charge on any atom is 0.196 e. The first-order valence-corrected chi connectivity index (χ1v) is 4.80. The van der Waals surface area contributed by atoms with Crippen LogP contribution >= 0.6 is 0 Å². The van der Waals surface area contributed by atoms with Crippen molar-refractivity contribution in [1.82, 2.24) is 0 Å². The predicted molar refractivity (Wildman–Crippen MR) is 65.4 cm³/mol. The zero-order chi connectivity index (χ0) is 11.5. The number of benzene rings is 2. The normalized spacial score (nSPS) is 9.41. The van der Waals surface area contributed by atoms with Gasteiger partial charge in [-0.1, -0.05) is 30.3 Å². The quantitative estimate of drug-likeness (QED) is 0.576. The van der Waals surface area contributed by atoms with Gasteiger partial charge >= 0.3 is 0 Å². The molecule has 0 heterocycles. The average Bonchev–Trinajstić information content (AvgIpc) is 2.29. The minimum absolute atomic E-state index is 0. The van der Waals surface area contributed by atoms with Crippen LogP contribution in [0.15, 0.2) is 48.5 Å². The smallest absolute Gasteiger partial charge is 0.196 e. The molecule has 84 valence electrons. The van der Waals surface area contributed by atoms with Crippen LogP contribution in [-0.4, -0.2) is 43.3 Å². The second-order valence-electron chi connectivity index (χ2n) is 3.40. The standard InChI is InChI=1S/C13H10O3.Pb/c14-10-6-7-11(12(15)8-10)13(16)9-4-2-1-3-5-9;/h1-8,14-15H;. The minimum atomic E-state index is -0.266. The Morgan fingerprint density at radius 2 is 1.59 bits per heavy atom. The first-order valence-electron chi connectivity index (χ1n) is 4.80. The molecule has 17 heavy (non-hydrogen) atoms. The van der Waals surface area contributed by atoms with Gasteiger partial charge in [-0.3, -0.25) is 4.79 Å². The molecular weight excluding hydrogens is 411 g/mol. The van der Waals surface area contributed by atoms with E-state index < -0.39 is 0 Å². The van der Waals surface area contributed by atoms with Crippen LogP contribution in [0.4, 0.5) is 0 Å². The Morgan fingerprint density at radius 1 is 0.941 bits per heavy atom. The van der Waals surface area contributed by atoms with Gasteiger partial charge in [0.25, 0.3) is 0 Å². The van der Waals surface area contributed by atoms with Crippen molar-refractivity contribution in [2.24, 2.45) is 0 Å². The van der Waals surface area contributed by atoms with E-state index in [0.717, 1.165) is 6.07 Å². The van der Waals surface area contributed by atoms with E-state index >= 15 is 0 Å². The van der Waals surface area contributed by atoms with Crippen molar-refractivity contribution in [1.29, 1.82) is 0 Å². The molecule has 0 aromatic heterocycles. The van der Waals surface area contributed by atoms with E-state index in [1.165, 1.54) is 12.1 Å². The van der Waals surface area contributed by atoms with Gasteiger partial charge in [-0.25, -0.2) is 0 Å². The zero-order valence-corrected chi connectivity index (χ0v) is 12.8. The largest absolute Gasteiger partial charge is 0.508 e. The topological polar surface area (TPSA) is 57.5 Å². The molecule has 2 aromatic rings. The number of phenols is 2. The number of carbonyl (C=O) groups excluding carboxylic acids is 1. The fraction of sp³-hybridized carbons (Fsp3) is 0. The molecule has 0 aliphatic rings. The van der Waals surface area contributed by atoms with Gasteiger partial charge < -0.3 is 10.2 Å². The van der Waals surface area contributed by atoms with Crippen molar-refractivity contribution in [3.05, 3.63) is 59.7 Å². The van der Waals surface area contributed by atoms with E-state index in [-0.39, 0.29) is 50.1 Å². The van der Waals surface area contributed by atoms with Crippen LogP contribution in [0.5, 0.6) is 11.5 Å². The van der Waals surface area contributed by atoms with Crippen molar-refractivity contribution >= 4 is 33.1 Å². The molecule has 0 amide bonds. The van der Waals surface area contributed by atoms with E-state index in [1.807, 2.05) is 6.07 Å². The Hall–Kier alpha value is -1.37. The number of aromatic hydroxyl groups is 2. The summed E-state index contributed by atoms with van der Waals surface area (Å²) < 4.78 is 0. The van der Waals surface area contributed by atoms with Gasteiger partial charge in [0, 0.05) is 38.9 Å². The molecule has 0 bridgehead atoms. The molecule has 4 radical (unpaired) electrons. The third-order valence-electron chi connectivity index (χ3n) is 2.26. The number of hydrogen-bond acceptors (Lipinski definition) is 3. The SMILES string of the molecule is O=C(c1ccccc1)c1ccc(O)cc1O.[Pb]. The van der Waals surface area contributed by atoms with Crippen LogP contribution in [0.2, 0.25) is 0 Å². The second kappa shape index (κ2) is 5.81. The maximum atomic E-state index is 11.9. The Labute approximate surface area is 119 Å². The Kier molecular flexibility index (Phi) is 4.68. The van der Waals surface area contributed by atoms with Gasteiger partial charge in [0.05, 0.1) is 5.56 Å². The number of phenolic OH excluding ortho intramolecular Hbond substituents is 2. The zero-order valence-electron chi connectivity index (χ0n) is 8.92. The summed E-state index contributed by atoms with van der Waals surface area (Å²) in [6, 6.07) is 12.6. The van der Waals surface area contributed by atoms with Crippen molar-refractivity contribution < 1.29 is 15.0 Å². The van der Waals surface area contributed by atoms with Gasteiger partial charge in [0.15, 0.2) is 5.78 Å². The molecule has 3 nitrogen and oxygen atoms in total. The predicted octanol–water partition coefficient (Wildman–Crippen LogP) is 1.95. The van der Waals surface area contributed by atoms with Crippen LogP contribution in [0, 0.1) is 0 Å². The fourth-order valence-corrected chi connectivity index (χ4v) is 1.46. The van der Waals surface area contributed by atoms with E-state index in [9.17, 15) is 9.90 Å². The molecule has 2 rings (SSSR count). The molecule has 0 aliphatic carbocycles. The van der Waals surface area contributed by atoms with Crippen molar-refractivity contribution in [2.75, 3.05) is 0 Å².